The predicted molar refractivity (Wildman–Crippen MR) is 62.6 cm³/mol. The fraction of sp³-hybridized carbons (Fsp3) is 0.400. The second kappa shape index (κ2) is 5.12. The van der Waals surface area contributed by atoms with Crippen molar-refractivity contribution in [3.05, 3.63) is 34.6 Å². The maximum absolute atomic E-state index is 13.3. The Bertz CT molecular complexity index is 474. The van der Waals surface area contributed by atoms with E-state index in [1.165, 1.54) is 12.1 Å². The van der Waals surface area contributed by atoms with Crippen LogP contribution >= 0.6 is 11.6 Å². The van der Waals surface area contributed by atoms with Crippen molar-refractivity contribution in [2.75, 3.05) is 5.75 Å². The second-order valence-corrected chi connectivity index (χ2v) is 6.31. The number of rotatable bonds is 4. The molecular weight excluding hydrogens is 253 g/mol. The maximum atomic E-state index is 13.3. The lowest BCUT2D eigenvalue weighted by atomic mass is 10.2. The molecule has 0 aromatic heterocycles. The van der Waals surface area contributed by atoms with Gasteiger partial charge in [-0.05, 0) is 19.1 Å². The molecule has 0 saturated heterocycles. The van der Waals surface area contributed by atoms with E-state index in [9.17, 15) is 12.8 Å². The minimum Gasteiger partial charge on any atom is -0.327 e. The molecule has 1 unspecified atom stereocenters. The van der Waals surface area contributed by atoms with Crippen molar-refractivity contribution in [1.29, 1.82) is 0 Å². The van der Waals surface area contributed by atoms with Gasteiger partial charge in [0.05, 0.1) is 11.5 Å². The number of benzene rings is 1. The molecule has 3 nitrogen and oxygen atoms in total. The highest BCUT2D eigenvalue weighted by Crippen LogP contribution is 2.17. The number of halogens is 2. The van der Waals surface area contributed by atoms with Gasteiger partial charge in [0.15, 0.2) is 9.84 Å². The van der Waals surface area contributed by atoms with Crippen LogP contribution in [0.25, 0.3) is 0 Å². The van der Waals surface area contributed by atoms with E-state index in [4.69, 9.17) is 17.3 Å². The third kappa shape index (κ3) is 4.08. The standard InChI is InChI=1S/C10H13ClFNO2S/c1-7(13)5-16(14,15)6-8-2-3-9(11)4-10(8)12/h2-4,7H,5-6,13H2,1H3. The van der Waals surface area contributed by atoms with Crippen LogP contribution in [-0.2, 0) is 15.6 Å². The fourth-order valence-electron chi connectivity index (χ4n) is 1.34. The Morgan fingerprint density at radius 3 is 2.62 bits per heavy atom. The zero-order chi connectivity index (χ0) is 12.3. The molecular formula is C10H13ClFNO2S. The molecule has 1 aromatic rings. The summed E-state index contributed by atoms with van der Waals surface area (Å²) in [6.07, 6.45) is 0. The van der Waals surface area contributed by atoms with Gasteiger partial charge in [0.25, 0.3) is 0 Å². The third-order valence-electron chi connectivity index (χ3n) is 1.91. The average molecular weight is 266 g/mol. The minimum absolute atomic E-state index is 0.116. The molecule has 0 aliphatic heterocycles. The van der Waals surface area contributed by atoms with Gasteiger partial charge in [-0.25, -0.2) is 12.8 Å². The first-order valence-electron chi connectivity index (χ1n) is 4.70. The van der Waals surface area contributed by atoms with Crippen molar-refractivity contribution in [2.24, 2.45) is 5.73 Å². The van der Waals surface area contributed by atoms with Gasteiger partial charge in [0.1, 0.15) is 5.82 Å². The molecule has 0 aliphatic rings. The van der Waals surface area contributed by atoms with Gasteiger partial charge >= 0.3 is 0 Å². The normalized spacial score (nSPS) is 13.8. The topological polar surface area (TPSA) is 60.2 Å². The van der Waals surface area contributed by atoms with Crippen molar-refractivity contribution in [3.8, 4) is 0 Å². The van der Waals surface area contributed by atoms with Gasteiger partial charge in [0, 0.05) is 16.6 Å². The molecule has 6 heteroatoms. The summed E-state index contributed by atoms with van der Waals surface area (Å²) < 4.78 is 36.5. The van der Waals surface area contributed by atoms with E-state index in [0.717, 1.165) is 6.07 Å². The zero-order valence-corrected chi connectivity index (χ0v) is 10.4. The molecule has 0 bridgehead atoms. The summed E-state index contributed by atoms with van der Waals surface area (Å²) in [6.45, 7) is 1.59. The second-order valence-electron chi connectivity index (χ2n) is 3.77. The van der Waals surface area contributed by atoms with Crippen LogP contribution < -0.4 is 5.73 Å². The molecule has 1 atom stereocenters. The van der Waals surface area contributed by atoms with Crippen molar-refractivity contribution in [3.63, 3.8) is 0 Å². The monoisotopic (exact) mass is 265 g/mol. The average Bonchev–Trinajstić information content (AvgIpc) is 2.07. The Morgan fingerprint density at radius 1 is 1.50 bits per heavy atom. The van der Waals surface area contributed by atoms with E-state index >= 15 is 0 Å². The van der Waals surface area contributed by atoms with Crippen molar-refractivity contribution in [2.45, 2.75) is 18.7 Å². The molecule has 0 amide bonds. The van der Waals surface area contributed by atoms with Crippen LogP contribution in [0.4, 0.5) is 4.39 Å². The largest absolute Gasteiger partial charge is 0.327 e. The molecule has 0 radical (unpaired) electrons. The summed E-state index contributed by atoms with van der Waals surface area (Å²) in [4.78, 5) is 0. The van der Waals surface area contributed by atoms with Gasteiger partial charge < -0.3 is 5.73 Å². The van der Waals surface area contributed by atoms with Crippen LogP contribution in [-0.4, -0.2) is 20.2 Å². The summed E-state index contributed by atoms with van der Waals surface area (Å²) in [6, 6.07) is 3.47. The lowest BCUT2D eigenvalue weighted by Gasteiger charge is -2.08. The smallest absolute Gasteiger partial charge is 0.156 e. The summed E-state index contributed by atoms with van der Waals surface area (Å²) in [5, 5.41) is 0.242. The van der Waals surface area contributed by atoms with Crippen molar-refractivity contribution < 1.29 is 12.8 Å². The summed E-state index contributed by atoms with van der Waals surface area (Å²) in [7, 11) is -3.38. The highest BCUT2D eigenvalue weighted by atomic mass is 35.5. The van der Waals surface area contributed by atoms with Crippen molar-refractivity contribution >= 4 is 21.4 Å². The maximum Gasteiger partial charge on any atom is 0.156 e. The summed E-state index contributed by atoms with van der Waals surface area (Å²) in [5.74, 6) is -1.12. The predicted octanol–water partition coefficient (Wildman–Crippen LogP) is 1.74. The Kier molecular flexibility index (Phi) is 4.29. The molecule has 16 heavy (non-hydrogen) atoms. The molecule has 0 spiro atoms. The number of hydrogen-bond acceptors (Lipinski definition) is 3. The molecule has 0 heterocycles. The van der Waals surface area contributed by atoms with Crippen LogP contribution in [0.2, 0.25) is 5.02 Å². The summed E-state index contributed by atoms with van der Waals surface area (Å²) in [5.41, 5.74) is 5.52. The fourth-order valence-corrected chi connectivity index (χ4v) is 3.12. The Hall–Kier alpha value is -0.650. The van der Waals surface area contributed by atoms with Gasteiger partial charge in [-0.3, -0.25) is 0 Å². The third-order valence-corrected chi connectivity index (χ3v) is 3.93. The number of hydrogen-bond donors (Lipinski definition) is 1. The Labute approximate surface area is 99.3 Å². The van der Waals surface area contributed by atoms with Crippen molar-refractivity contribution in [1.82, 2.24) is 0 Å². The Balaban J connectivity index is 2.88. The van der Waals surface area contributed by atoms with E-state index in [0.29, 0.717) is 0 Å². The van der Waals surface area contributed by atoms with Gasteiger partial charge in [-0.2, -0.15) is 0 Å². The molecule has 2 N–H and O–H groups in total. The minimum atomic E-state index is -3.38. The highest BCUT2D eigenvalue weighted by molar-refractivity contribution is 7.90. The Morgan fingerprint density at radius 2 is 2.12 bits per heavy atom. The zero-order valence-electron chi connectivity index (χ0n) is 8.78. The molecule has 0 fully saturated rings. The van der Waals surface area contributed by atoms with Crippen LogP contribution in [0, 0.1) is 5.82 Å². The van der Waals surface area contributed by atoms with Crippen LogP contribution in [0.1, 0.15) is 12.5 Å². The highest BCUT2D eigenvalue weighted by Gasteiger charge is 2.16. The quantitative estimate of drug-likeness (QED) is 0.902. The van der Waals surface area contributed by atoms with E-state index in [2.05, 4.69) is 0 Å². The molecule has 1 rings (SSSR count). The molecule has 0 aliphatic carbocycles. The van der Waals surface area contributed by atoms with Gasteiger partial charge in [0.2, 0.25) is 0 Å². The lowest BCUT2D eigenvalue weighted by molar-refractivity contribution is 0.582. The molecule has 1 aromatic carbocycles. The first kappa shape index (κ1) is 13.4. The first-order chi connectivity index (χ1) is 7.30. The van der Waals surface area contributed by atoms with Crippen LogP contribution in [0.5, 0.6) is 0 Å². The SMILES string of the molecule is CC(N)CS(=O)(=O)Cc1ccc(Cl)cc1F. The van der Waals surface area contributed by atoms with Crippen LogP contribution in [0.15, 0.2) is 18.2 Å². The summed E-state index contributed by atoms with van der Waals surface area (Å²) >= 11 is 5.56. The van der Waals surface area contributed by atoms with Crippen LogP contribution in [0.3, 0.4) is 0 Å². The van der Waals surface area contributed by atoms with E-state index < -0.39 is 21.7 Å². The van der Waals surface area contributed by atoms with E-state index in [1.54, 1.807) is 6.92 Å². The lowest BCUT2D eigenvalue weighted by Crippen LogP contribution is -2.27. The van der Waals surface area contributed by atoms with Gasteiger partial charge in [-0.1, -0.05) is 17.7 Å². The number of sulfone groups is 1. The molecule has 90 valence electrons. The van der Waals surface area contributed by atoms with E-state index in [-0.39, 0.29) is 22.1 Å². The van der Waals surface area contributed by atoms with E-state index in [1.807, 2.05) is 0 Å². The first-order valence-corrected chi connectivity index (χ1v) is 6.90. The number of nitrogens with two attached hydrogens (primary N) is 1. The molecule has 0 saturated carbocycles. The van der Waals surface area contributed by atoms with Gasteiger partial charge in [-0.15, -0.1) is 0 Å².